The second-order valence-corrected chi connectivity index (χ2v) is 8.73. The molecular weight excluding hydrogens is 406 g/mol. The number of carbonyl (C=O) groups is 1. The molecule has 1 aliphatic rings. The highest BCUT2D eigenvalue weighted by atomic mass is 32.1. The van der Waals surface area contributed by atoms with Crippen molar-refractivity contribution in [2.45, 2.75) is 26.3 Å². The van der Waals surface area contributed by atoms with Gasteiger partial charge >= 0.3 is 0 Å². The summed E-state index contributed by atoms with van der Waals surface area (Å²) in [5.41, 5.74) is 2.92. The zero-order chi connectivity index (χ0) is 21.5. The van der Waals surface area contributed by atoms with Crippen molar-refractivity contribution in [3.05, 3.63) is 70.5 Å². The highest BCUT2D eigenvalue weighted by molar-refractivity contribution is 7.09. The maximum absolute atomic E-state index is 12.9. The van der Waals surface area contributed by atoms with E-state index in [2.05, 4.69) is 29.3 Å². The van der Waals surface area contributed by atoms with Crippen molar-refractivity contribution in [1.29, 1.82) is 0 Å². The average Bonchev–Trinajstić information content (AvgIpc) is 3.29. The van der Waals surface area contributed by atoms with Crippen LogP contribution in [0.5, 0.6) is 5.75 Å². The average molecular weight is 436 g/mol. The molecule has 162 valence electrons. The number of unbranched alkanes of at least 4 members (excludes halogenated alkanes) is 1. The van der Waals surface area contributed by atoms with Crippen LogP contribution in [-0.4, -0.2) is 53.5 Å². The lowest BCUT2D eigenvalue weighted by Gasteiger charge is -2.34. The van der Waals surface area contributed by atoms with E-state index in [9.17, 15) is 4.79 Å². The number of nitrogens with zero attached hydrogens (tertiary/aromatic N) is 3. The SMILES string of the molecule is CCCCOc1ccc(C(=O)N2CCN(Cc3nc(-c4ccccc4)cs3)CC2)cc1. The molecule has 1 aromatic heterocycles. The third-order valence-corrected chi connectivity index (χ3v) is 6.34. The Morgan fingerprint density at radius 2 is 1.77 bits per heavy atom. The number of hydrogen-bond acceptors (Lipinski definition) is 5. The maximum Gasteiger partial charge on any atom is 0.253 e. The molecule has 0 aliphatic carbocycles. The summed E-state index contributed by atoms with van der Waals surface area (Å²) in [5, 5.41) is 3.25. The lowest BCUT2D eigenvalue weighted by atomic mass is 10.1. The second kappa shape index (κ2) is 10.6. The summed E-state index contributed by atoms with van der Waals surface area (Å²) in [5.74, 6) is 0.925. The van der Waals surface area contributed by atoms with Gasteiger partial charge in [0.05, 0.1) is 18.8 Å². The van der Waals surface area contributed by atoms with Gasteiger partial charge in [-0.3, -0.25) is 9.69 Å². The second-order valence-electron chi connectivity index (χ2n) is 7.79. The van der Waals surface area contributed by atoms with Crippen molar-refractivity contribution < 1.29 is 9.53 Å². The Bertz CT molecular complexity index is 964. The largest absolute Gasteiger partial charge is 0.494 e. The molecule has 1 fully saturated rings. The lowest BCUT2D eigenvalue weighted by Crippen LogP contribution is -2.48. The van der Waals surface area contributed by atoms with Crippen LogP contribution in [0.4, 0.5) is 0 Å². The highest BCUT2D eigenvalue weighted by Gasteiger charge is 2.23. The first-order valence-corrected chi connectivity index (χ1v) is 11.8. The molecule has 0 spiro atoms. The fourth-order valence-corrected chi connectivity index (χ4v) is 4.48. The van der Waals surface area contributed by atoms with Gasteiger partial charge in [0, 0.05) is 42.7 Å². The van der Waals surface area contributed by atoms with E-state index in [1.54, 1.807) is 11.3 Å². The number of carbonyl (C=O) groups excluding carboxylic acids is 1. The molecule has 0 unspecified atom stereocenters. The number of thiazole rings is 1. The van der Waals surface area contributed by atoms with Crippen molar-refractivity contribution >= 4 is 17.2 Å². The van der Waals surface area contributed by atoms with Crippen molar-refractivity contribution in [2.75, 3.05) is 32.8 Å². The van der Waals surface area contributed by atoms with Crippen molar-refractivity contribution in [2.24, 2.45) is 0 Å². The van der Waals surface area contributed by atoms with Gasteiger partial charge in [-0.1, -0.05) is 43.7 Å². The summed E-state index contributed by atoms with van der Waals surface area (Å²) in [7, 11) is 0. The van der Waals surface area contributed by atoms with Crippen molar-refractivity contribution in [3.63, 3.8) is 0 Å². The lowest BCUT2D eigenvalue weighted by molar-refractivity contribution is 0.0628. The van der Waals surface area contributed by atoms with Gasteiger partial charge in [-0.2, -0.15) is 0 Å². The third kappa shape index (κ3) is 5.71. The van der Waals surface area contributed by atoms with Crippen LogP contribution in [0.3, 0.4) is 0 Å². The first kappa shape index (κ1) is 21.5. The Kier molecular flexibility index (Phi) is 7.33. The first-order valence-electron chi connectivity index (χ1n) is 11.0. The van der Waals surface area contributed by atoms with Gasteiger partial charge < -0.3 is 9.64 Å². The van der Waals surface area contributed by atoms with E-state index in [1.807, 2.05) is 47.4 Å². The van der Waals surface area contributed by atoms with E-state index in [4.69, 9.17) is 9.72 Å². The number of amides is 1. The van der Waals surface area contributed by atoms with Crippen LogP contribution >= 0.6 is 11.3 Å². The quantitative estimate of drug-likeness (QED) is 0.470. The molecule has 4 rings (SSSR count). The van der Waals surface area contributed by atoms with Crippen molar-refractivity contribution in [3.8, 4) is 17.0 Å². The Morgan fingerprint density at radius 3 is 2.48 bits per heavy atom. The number of benzene rings is 2. The fourth-order valence-electron chi connectivity index (χ4n) is 3.64. The van der Waals surface area contributed by atoms with E-state index in [-0.39, 0.29) is 5.91 Å². The Hall–Kier alpha value is -2.70. The summed E-state index contributed by atoms with van der Waals surface area (Å²) < 4.78 is 5.69. The molecule has 0 N–H and O–H groups in total. The van der Waals surface area contributed by atoms with Gasteiger partial charge in [0.1, 0.15) is 10.8 Å². The first-order chi connectivity index (χ1) is 15.2. The summed E-state index contributed by atoms with van der Waals surface area (Å²) >= 11 is 1.71. The molecule has 31 heavy (non-hydrogen) atoms. The predicted octanol–water partition coefficient (Wildman–Crippen LogP) is 4.95. The van der Waals surface area contributed by atoms with Crippen LogP contribution in [0.15, 0.2) is 60.0 Å². The smallest absolute Gasteiger partial charge is 0.253 e. The van der Waals surface area contributed by atoms with Crippen LogP contribution < -0.4 is 4.74 Å². The van der Waals surface area contributed by atoms with Gasteiger partial charge in [0.25, 0.3) is 5.91 Å². The minimum Gasteiger partial charge on any atom is -0.494 e. The van der Waals surface area contributed by atoms with E-state index in [1.165, 1.54) is 0 Å². The monoisotopic (exact) mass is 435 g/mol. The number of ether oxygens (including phenoxy) is 1. The zero-order valence-electron chi connectivity index (χ0n) is 18.0. The van der Waals surface area contributed by atoms with Crippen LogP contribution in [0, 0.1) is 0 Å². The van der Waals surface area contributed by atoms with Crippen LogP contribution in [0.1, 0.15) is 35.1 Å². The van der Waals surface area contributed by atoms with E-state index < -0.39 is 0 Å². The maximum atomic E-state index is 12.9. The third-order valence-electron chi connectivity index (χ3n) is 5.51. The molecule has 0 radical (unpaired) electrons. The Labute approximate surface area is 188 Å². The van der Waals surface area contributed by atoms with Gasteiger partial charge in [-0.05, 0) is 30.7 Å². The predicted molar refractivity (Wildman–Crippen MR) is 126 cm³/mol. The topological polar surface area (TPSA) is 45.7 Å². The van der Waals surface area contributed by atoms with Gasteiger partial charge in [-0.15, -0.1) is 11.3 Å². The van der Waals surface area contributed by atoms with E-state index in [0.29, 0.717) is 0 Å². The van der Waals surface area contributed by atoms with E-state index in [0.717, 1.165) is 79.8 Å². The molecule has 2 heterocycles. The molecule has 6 heteroatoms. The molecule has 3 aromatic rings. The standard InChI is InChI=1S/C25H29N3O2S/c1-2-3-17-30-22-11-9-21(10-12-22)25(29)28-15-13-27(14-16-28)18-24-26-23(19-31-24)20-7-5-4-6-8-20/h4-12,19H,2-3,13-18H2,1H3. The summed E-state index contributed by atoms with van der Waals surface area (Å²) in [4.78, 5) is 22.0. The molecule has 5 nitrogen and oxygen atoms in total. The molecule has 1 saturated heterocycles. The molecule has 1 amide bonds. The number of hydrogen-bond donors (Lipinski definition) is 0. The normalized spacial score (nSPS) is 14.5. The number of rotatable bonds is 8. The zero-order valence-corrected chi connectivity index (χ0v) is 18.8. The summed E-state index contributed by atoms with van der Waals surface area (Å²) in [6.07, 6.45) is 2.15. The minimum absolute atomic E-state index is 0.0976. The molecule has 0 saturated carbocycles. The Balaban J connectivity index is 1.27. The van der Waals surface area contributed by atoms with Crippen LogP contribution in [0.25, 0.3) is 11.3 Å². The van der Waals surface area contributed by atoms with Gasteiger partial charge in [0.2, 0.25) is 0 Å². The molecular formula is C25H29N3O2S. The number of piperazine rings is 1. The molecule has 0 atom stereocenters. The van der Waals surface area contributed by atoms with Crippen molar-refractivity contribution in [1.82, 2.24) is 14.8 Å². The van der Waals surface area contributed by atoms with Crippen LogP contribution in [0.2, 0.25) is 0 Å². The van der Waals surface area contributed by atoms with E-state index >= 15 is 0 Å². The summed E-state index contributed by atoms with van der Waals surface area (Å²) in [6, 6.07) is 17.8. The molecule has 2 aromatic carbocycles. The summed E-state index contributed by atoms with van der Waals surface area (Å²) in [6.45, 7) is 6.91. The van der Waals surface area contributed by atoms with Crippen LogP contribution in [-0.2, 0) is 6.54 Å². The van der Waals surface area contributed by atoms with Gasteiger partial charge in [-0.25, -0.2) is 4.98 Å². The molecule has 0 bridgehead atoms. The molecule has 1 aliphatic heterocycles. The fraction of sp³-hybridized carbons (Fsp3) is 0.360. The Morgan fingerprint density at radius 1 is 1.03 bits per heavy atom. The highest BCUT2D eigenvalue weighted by Crippen LogP contribution is 2.23. The van der Waals surface area contributed by atoms with Gasteiger partial charge in [0.15, 0.2) is 0 Å². The number of aromatic nitrogens is 1. The minimum atomic E-state index is 0.0976.